The number of benzene rings is 1. The molecule has 1 aliphatic heterocycles. The second-order valence-electron chi connectivity index (χ2n) is 14.6. The molecule has 1 aliphatic rings. The molecule has 298 valence electrons. The monoisotopic (exact) mass is 750 g/mol. The quantitative estimate of drug-likeness (QED) is 0.145. The summed E-state index contributed by atoms with van der Waals surface area (Å²) in [5, 5.41) is 32.2. The maximum Gasteiger partial charge on any atom is 0.414 e. The Morgan fingerprint density at radius 1 is 0.849 bits per heavy atom. The Kier molecular flexibility index (Phi) is 17.9. The number of aromatic hydroxyl groups is 1. The number of nitrogens with zero attached hydrogens (tertiary/aromatic N) is 2. The van der Waals surface area contributed by atoms with Crippen molar-refractivity contribution < 1.29 is 62.9 Å². The number of esters is 1. The van der Waals surface area contributed by atoms with Crippen LogP contribution in [0, 0.1) is 5.92 Å². The molecule has 0 saturated heterocycles. The van der Waals surface area contributed by atoms with Gasteiger partial charge < -0.3 is 48.6 Å². The van der Waals surface area contributed by atoms with Crippen molar-refractivity contribution >= 4 is 35.7 Å². The molecule has 2 rings (SSSR count). The largest absolute Gasteiger partial charge is 0.507 e. The van der Waals surface area contributed by atoms with E-state index in [0.717, 1.165) is 6.08 Å². The smallest absolute Gasteiger partial charge is 0.414 e. The van der Waals surface area contributed by atoms with Gasteiger partial charge >= 0.3 is 18.2 Å². The van der Waals surface area contributed by atoms with Gasteiger partial charge in [0.25, 0.3) is 0 Å². The highest BCUT2D eigenvalue weighted by molar-refractivity contribution is 5.99. The van der Waals surface area contributed by atoms with E-state index >= 15 is 0 Å². The standard InChI is InChI=1S/C38H58N2O13/c1-25-13-14-30(42)33(44)29(41)12-10-11-27-23-28(24-31(43)32(27)34(45)51-26(25)2)40(36(47)53-38(6,7)8)16-15-39(35(46)52-37(3,4)5)17-18-49-21-22-50-20-19-48-9/h10-11,13-14,23-26,29,33,41,43-44H,12,15-22H2,1-9H3/b11-10+,14-13-/t25-,26+,29+,33+/m1/s1. The van der Waals surface area contributed by atoms with Gasteiger partial charge in [0, 0.05) is 38.7 Å². The van der Waals surface area contributed by atoms with Gasteiger partial charge in [-0.05, 0) is 72.6 Å². The first kappa shape index (κ1) is 45.1. The predicted molar refractivity (Wildman–Crippen MR) is 197 cm³/mol. The van der Waals surface area contributed by atoms with E-state index in [4.69, 9.17) is 28.4 Å². The number of rotatable bonds is 13. The van der Waals surface area contributed by atoms with Crippen molar-refractivity contribution in [3.8, 4) is 5.75 Å². The first-order chi connectivity index (χ1) is 24.7. The van der Waals surface area contributed by atoms with Gasteiger partial charge in [0.2, 0.25) is 0 Å². The molecule has 0 spiro atoms. The molecule has 0 unspecified atom stereocenters. The predicted octanol–water partition coefficient (Wildman–Crippen LogP) is 4.50. The number of fused-ring (bicyclic) bond motifs is 1. The summed E-state index contributed by atoms with van der Waals surface area (Å²) in [6.45, 7) is 15.1. The van der Waals surface area contributed by atoms with Gasteiger partial charge in [-0.15, -0.1) is 0 Å². The van der Waals surface area contributed by atoms with Gasteiger partial charge in [-0.1, -0.05) is 25.2 Å². The van der Waals surface area contributed by atoms with Crippen molar-refractivity contribution in [1.29, 1.82) is 0 Å². The van der Waals surface area contributed by atoms with Crippen molar-refractivity contribution in [2.45, 2.75) is 91.3 Å². The number of anilines is 1. The Hall–Kier alpha value is -4.02. The minimum absolute atomic E-state index is 0.0430. The second kappa shape index (κ2) is 21.0. The summed E-state index contributed by atoms with van der Waals surface area (Å²) in [4.78, 5) is 55.5. The number of phenols is 1. The molecule has 0 radical (unpaired) electrons. The summed E-state index contributed by atoms with van der Waals surface area (Å²) in [5.74, 6) is -2.55. The van der Waals surface area contributed by atoms with E-state index in [1.807, 2.05) is 0 Å². The van der Waals surface area contributed by atoms with E-state index in [9.17, 15) is 34.5 Å². The summed E-state index contributed by atoms with van der Waals surface area (Å²) in [6, 6.07) is 2.67. The number of hydrogen-bond acceptors (Lipinski definition) is 13. The van der Waals surface area contributed by atoms with Crippen LogP contribution in [0.3, 0.4) is 0 Å². The van der Waals surface area contributed by atoms with Crippen LogP contribution < -0.4 is 4.90 Å². The van der Waals surface area contributed by atoms with Gasteiger partial charge in [-0.25, -0.2) is 14.4 Å². The molecule has 0 fully saturated rings. The Labute approximate surface area is 312 Å². The number of ether oxygens (including phenoxy) is 6. The van der Waals surface area contributed by atoms with Gasteiger partial charge in [-0.2, -0.15) is 0 Å². The van der Waals surface area contributed by atoms with E-state index in [2.05, 4.69) is 0 Å². The minimum Gasteiger partial charge on any atom is -0.507 e. The fourth-order valence-corrected chi connectivity index (χ4v) is 4.76. The maximum atomic E-state index is 13.7. The number of aliphatic hydroxyl groups is 2. The van der Waals surface area contributed by atoms with Gasteiger partial charge in [-0.3, -0.25) is 9.69 Å². The molecule has 0 saturated carbocycles. The summed E-state index contributed by atoms with van der Waals surface area (Å²) < 4.78 is 33.0. The highest BCUT2D eigenvalue weighted by atomic mass is 16.6. The van der Waals surface area contributed by atoms with Crippen LogP contribution in [-0.4, -0.2) is 133 Å². The van der Waals surface area contributed by atoms with Crippen LogP contribution in [0.15, 0.2) is 30.4 Å². The number of phenolic OH excluding ortho intramolecular Hbond substituents is 1. The molecule has 0 aromatic heterocycles. The van der Waals surface area contributed by atoms with Crippen LogP contribution in [0.5, 0.6) is 5.75 Å². The molecule has 1 aromatic carbocycles. The summed E-state index contributed by atoms with van der Waals surface area (Å²) in [7, 11) is 1.58. The Morgan fingerprint density at radius 3 is 2.08 bits per heavy atom. The lowest BCUT2D eigenvalue weighted by atomic mass is 9.99. The SMILES string of the molecule is COCCOCCOCCN(CCN(C(=O)OC(C)(C)C)c1cc(O)c2c(c1)/C=C/C[C@H](O)[C@H](O)C(=O)/C=C\[C@@H](C)[C@H](C)OC2=O)C(=O)OC(C)(C)C. The van der Waals surface area contributed by atoms with Gasteiger partial charge in [0.1, 0.15) is 34.7 Å². The van der Waals surface area contributed by atoms with Gasteiger partial charge in [0.15, 0.2) is 5.78 Å². The zero-order valence-corrected chi connectivity index (χ0v) is 32.5. The van der Waals surface area contributed by atoms with Crippen molar-refractivity contribution in [3.05, 3.63) is 41.5 Å². The molecule has 53 heavy (non-hydrogen) atoms. The van der Waals surface area contributed by atoms with Gasteiger partial charge in [0.05, 0.1) is 44.8 Å². The van der Waals surface area contributed by atoms with Crippen LogP contribution in [0.4, 0.5) is 15.3 Å². The van der Waals surface area contributed by atoms with E-state index in [1.165, 1.54) is 40.2 Å². The van der Waals surface area contributed by atoms with Crippen molar-refractivity contribution in [3.63, 3.8) is 0 Å². The second-order valence-corrected chi connectivity index (χ2v) is 14.6. The molecule has 0 bridgehead atoms. The molecule has 1 heterocycles. The molecule has 3 N–H and O–H groups in total. The lowest BCUT2D eigenvalue weighted by molar-refractivity contribution is -0.127. The number of carbonyl (C=O) groups is 4. The van der Waals surface area contributed by atoms with Crippen LogP contribution >= 0.6 is 0 Å². The Morgan fingerprint density at radius 2 is 1.45 bits per heavy atom. The molecule has 15 nitrogen and oxygen atoms in total. The third-order valence-corrected chi connectivity index (χ3v) is 7.75. The topological polar surface area (TPSA) is 191 Å². The molecule has 15 heteroatoms. The fraction of sp³-hybridized carbons (Fsp3) is 0.632. The number of hydrogen-bond donors (Lipinski definition) is 3. The van der Waals surface area contributed by atoms with Crippen molar-refractivity contribution in [1.82, 2.24) is 4.90 Å². The third-order valence-electron chi connectivity index (χ3n) is 7.75. The number of ketones is 1. The van der Waals surface area contributed by atoms with Crippen LogP contribution in [-0.2, 0) is 33.2 Å². The number of cyclic esters (lactones) is 1. The number of methoxy groups -OCH3 is 1. The third kappa shape index (κ3) is 15.9. The van der Waals surface area contributed by atoms with E-state index < -0.39 is 65.1 Å². The molecule has 4 atom stereocenters. The zero-order chi connectivity index (χ0) is 39.9. The van der Waals surface area contributed by atoms with E-state index in [0.29, 0.717) is 19.8 Å². The highest BCUT2D eigenvalue weighted by Gasteiger charge is 2.30. The van der Waals surface area contributed by atoms with E-state index in [-0.39, 0.29) is 56.1 Å². The average molecular weight is 751 g/mol. The molecular weight excluding hydrogens is 692 g/mol. The lowest BCUT2D eigenvalue weighted by Gasteiger charge is -2.31. The lowest BCUT2D eigenvalue weighted by Crippen LogP contribution is -2.45. The molecule has 1 aromatic rings. The van der Waals surface area contributed by atoms with E-state index in [1.54, 1.807) is 62.5 Å². The van der Waals surface area contributed by atoms with Crippen molar-refractivity contribution in [2.75, 3.05) is 64.7 Å². The number of amides is 2. The maximum absolute atomic E-state index is 13.7. The van der Waals surface area contributed by atoms with Crippen LogP contribution in [0.1, 0.15) is 77.7 Å². The summed E-state index contributed by atoms with van der Waals surface area (Å²) in [6.07, 6.45) is -0.111. The average Bonchev–Trinajstić information content (AvgIpc) is 3.04. The Bertz CT molecular complexity index is 1430. The van der Waals surface area contributed by atoms with Crippen LogP contribution in [0.2, 0.25) is 0 Å². The highest BCUT2D eigenvalue weighted by Crippen LogP contribution is 2.32. The first-order valence-electron chi connectivity index (χ1n) is 17.7. The molecule has 2 amide bonds. The van der Waals surface area contributed by atoms with Crippen LogP contribution in [0.25, 0.3) is 6.08 Å². The minimum atomic E-state index is -1.70. The molecular formula is C38H58N2O13. The first-order valence-corrected chi connectivity index (χ1v) is 17.7. The molecule has 0 aliphatic carbocycles. The Balaban J connectivity index is 2.52. The number of aliphatic hydroxyl groups excluding tert-OH is 2. The fourth-order valence-electron chi connectivity index (χ4n) is 4.76. The zero-order valence-electron chi connectivity index (χ0n) is 32.5. The summed E-state index contributed by atoms with van der Waals surface area (Å²) >= 11 is 0. The normalized spacial score (nSPS) is 21.1. The van der Waals surface area contributed by atoms with Crippen molar-refractivity contribution in [2.24, 2.45) is 5.92 Å². The summed E-state index contributed by atoms with van der Waals surface area (Å²) in [5.41, 5.74) is -1.71. The number of carbonyl (C=O) groups excluding carboxylic acids is 4.